The minimum absolute atomic E-state index is 0.0469. The summed E-state index contributed by atoms with van der Waals surface area (Å²) in [6, 6.07) is 14.8. The number of carbonyl (C=O) groups excluding carboxylic acids is 2. The van der Waals surface area contributed by atoms with Gasteiger partial charge in [0.1, 0.15) is 0 Å². The number of thioether (sulfide) groups is 1. The van der Waals surface area contributed by atoms with Crippen molar-refractivity contribution in [3.8, 4) is 0 Å². The Bertz CT molecular complexity index is 821. The van der Waals surface area contributed by atoms with Crippen molar-refractivity contribution in [2.75, 3.05) is 43.0 Å². The molecule has 1 saturated heterocycles. The van der Waals surface area contributed by atoms with Crippen molar-refractivity contribution in [3.63, 3.8) is 0 Å². The maximum atomic E-state index is 12.1. The maximum Gasteiger partial charge on any atom is 0.251 e. The van der Waals surface area contributed by atoms with E-state index in [4.69, 9.17) is 11.6 Å². The summed E-state index contributed by atoms with van der Waals surface area (Å²) in [5.41, 5.74) is 2.66. The monoisotopic (exact) mass is 445 g/mol. The van der Waals surface area contributed by atoms with Gasteiger partial charge in [-0.2, -0.15) is 11.8 Å². The first-order valence-electron chi connectivity index (χ1n) is 10.3. The highest BCUT2D eigenvalue weighted by atomic mass is 35.5. The lowest BCUT2D eigenvalue weighted by molar-refractivity contribution is -0.116. The number of rotatable bonds is 9. The first-order valence-corrected chi connectivity index (χ1v) is 11.9. The van der Waals surface area contributed by atoms with Crippen molar-refractivity contribution in [3.05, 3.63) is 64.7 Å². The van der Waals surface area contributed by atoms with E-state index in [0.717, 1.165) is 18.7 Å². The van der Waals surface area contributed by atoms with Crippen LogP contribution in [0.5, 0.6) is 0 Å². The Morgan fingerprint density at radius 2 is 1.70 bits per heavy atom. The van der Waals surface area contributed by atoms with E-state index in [1.54, 1.807) is 24.3 Å². The molecule has 1 heterocycles. The van der Waals surface area contributed by atoms with Crippen molar-refractivity contribution in [1.82, 2.24) is 10.2 Å². The summed E-state index contributed by atoms with van der Waals surface area (Å²) in [7, 11) is 0. The van der Waals surface area contributed by atoms with E-state index in [9.17, 15) is 9.59 Å². The molecule has 0 spiro atoms. The van der Waals surface area contributed by atoms with Crippen molar-refractivity contribution in [1.29, 1.82) is 0 Å². The molecule has 3 rings (SSSR count). The van der Waals surface area contributed by atoms with Crippen LogP contribution in [-0.4, -0.2) is 54.4 Å². The Labute approximate surface area is 187 Å². The second-order valence-corrected chi connectivity index (χ2v) is 8.98. The maximum absolute atomic E-state index is 12.1. The number of halogens is 1. The lowest BCUT2D eigenvalue weighted by Gasteiger charge is -2.26. The Balaban J connectivity index is 1.32. The van der Waals surface area contributed by atoms with Crippen LogP contribution in [-0.2, 0) is 11.2 Å². The van der Waals surface area contributed by atoms with Crippen LogP contribution in [0.3, 0.4) is 0 Å². The molecule has 2 N–H and O–H groups in total. The van der Waals surface area contributed by atoms with E-state index < -0.39 is 0 Å². The van der Waals surface area contributed by atoms with Crippen LogP contribution in [0.15, 0.2) is 48.5 Å². The van der Waals surface area contributed by atoms with Crippen LogP contribution in [0, 0.1) is 0 Å². The molecule has 1 aliphatic rings. The fraction of sp³-hybridized carbons (Fsp3) is 0.391. The summed E-state index contributed by atoms with van der Waals surface area (Å²) in [5.74, 6) is 2.26. The number of nitrogens with zero attached hydrogens (tertiary/aromatic N) is 1. The van der Waals surface area contributed by atoms with E-state index >= 15 is 0 Å². The number of anilines is 1. The van der Waals surface area contributed by atoms with Gasteiger partial charge in [0, 0.05) is 60.4 Å². The molecule has 2 aromatic rings. The van der Waals surface area contributed by atoms with Gasteiger partial charge in [-0.25, -0.2) is 0 Å². The fourth-order valence-electron chi connectivity index (χ4n) is 3.24. The minimum Gasteiger partial charge on any atom is -0.352 e. The molecule has 0 aliphatic carbocycles. The quantitative estimate of drug-likeness (QED) is 0.571. The van der Waals surface area contributed by atoms with Crippen molar-refractivity contribution >= 4 is 40.9 Å². The highest BCUT2D eigenvalue weighted by Gasteiger charge is 2.10. The van der Waals surface area contributed by atoms with Crippen LogP contribution < -0.4 is 10.6 Å². The highest BCUT2D eigenvalue weighted by Crippen LogP contribution is 2.13. The SMILES string of the molecule is O=C(CCCNC(=O)c1ccc(Cl)cc1)Nc1ccc(CCN2CCSCC2)cc1. The number of benzene rings is 2. The molecule has 0 radical (unpaired) electrons. The lowest BCUT2D eigenvalue weighted by Crippen LogP contribution is -2.34. The highest BCUT2D eigenvalue weighted by molar-refractivity contribution is 7.99. The zero-order valence-corrected chi connectivity index (χ0v) is 18.6. The molecule has 0 bridgehead atoms. The molecular weight excluding hydrogens is 418 g/mol. The molecule has 0 unspecified atom stereocenters. The molecule has 1 aliphatic heterocycles. The molecule has 1 fully saturated rings. The average Bonchev–Trinajstić information content (AvgIpc) is 2.77. The summed E-state index contributed by atoms with van der Waals surface area (Å²) in [6.45, 7) is 3.90. The lowest BCUT2D eigenvalue weighted by atomic mass is 10.1. The molecule has 7 heteroatoms. The molecule has 2 aromatic carbocycles. The Hall–Kier alpha value is -2.02. The van der Waals surface area contributed by atoms with Gasteiger partial charge in [0.2, 0.25) is 5.91 Å². The summed E-state index contributed by atoms with van der Waals surface area (Å²) in [6.07, 6.45) is 1.97. The van der Waals surface area contributed by atoms with Crippen LogP contribution in [0.25, 0.3) is 0 Å². The molecule has 0 saturated carbocycles. The summed E-state index contributed by atoms with van der Waals surface area (Å²) in [5, 5.41) is 6.33. The first-order chi connectivity index (χ1) is 14.6. The van der Waals surface area contributed by atoms with Crippen LogP contribution in [0.2, 0.25) is 5.02 Å². The summed E-state index contributed by atoms with van der Waals surface area (Å²) in [4.78, 5) is 26.7. The molecule has 0 atom stereocenters. The van der Waals surface area contributed by atoms with Gasteiger partial charge in [0.15, 0.2) is 0 Å². The number of nitrogens with one attached hydrogen (secondary N) is 2. The molecular formula is C23H28ClN3O2S. The average molecular weight is 446 g/mol. The van der Waals surface area contributed by atoms with Crippen LogP contribution in [0.4, 0.5) is 5.69 Å². The molecule has 30 heavy (non-hydrogen) atoms. The molecule has 5 nitrogen and oxygen atoms in total. The predicted octanol–water partition coefficient (Wildman–Crippen LogP) is 4.08. The summed E-state index contributed by atoms with van der Waals surface area (Å²) >= 11 is 7.85. The molecule has 0 aromatic heterocycles. The number of amides is 2. The summed E-state index contributed by atoms with van der Waals surface area (Å²) < 4.78 is 0. The van der Waals surface area contributed by atoms with Gasteiger partial charge < -0.3 is 15.5 Å². The second kappa shape index (κ2) is 12.0. The smallest absolute Gasteiger partial charge is 0.251 e. The van der Waals surface area contributed by atoms with Gasteiger partial charge in [-0.3, -0.25) is 9.59 Å². The molecule has 160 valence electrons. The Morgan fingerprint density at radius 1 is 1.00 bits per heavy atom. The van der Waals surface area contributed by atoms with Crippen LogP contribution in [0.1, 0.15) is 28.8 Å². The van der Waals surface area contributed by atoms with Gasteiger partial charge in [-0.05, 0) is 54.8 Å². The predicted molar refractivity (Wildman–Crippen MR) is 126 cm³/mol. The van der Waals surface area contributed by atoms with E-state index in [1.165, 1.54) is 30.2 Å². The number of hydrogen-bond acceptors (Lipinski definition) is 4. The van der Waals surface area contributed by atoms with E-state index in [0.29, 0.717) is 30.0 Å². The van der Waals surface area contributed by atoms with Crippen molar-refractivity contribution in [2.24, 2.45) is 0 Å². The van der Waals surface area contributed by atoms with Gasteiger partial charge in [0.25, 0.3) is 5.91 Å². The number of carbonyl (C=O) groups is 2. The third-order valence-electron chi connectivity index (χ3n) is 5.03. The van der Waals surface area contributed by atoms with Gasteiger partial charge >= 0.3 is 0 Å². The Morgan fingerprint density at radius 3 is 2.40 bits per heavy atom. The second-order valence-electron chi connectivity index (χ2n) is 7.32. The Kier molecular flexibility index (Phi) is 9.05. The van der Waals surface area contributed by atoms with E-state index in [-0.39, 0.29) is 11.8 Å². The third-order valence-corrected chi connectivity index (χ3v) is 6.23. The standard InChI is InChI=1S/C23H28ClN3O2S/c24-20-7-5-19(6-8-20)23(29)25-12-1-2-22(28)26-21-9-3-18(4-10-21)11-13-27-14-16-30-17-15-27/h3-10H,1-2,11-17H2,(H,25,29)(H,26,28). The topological polar surface area (TPSA) is 61.4 Å². The fourth-order valence-corrected chi connectivity index (χ4v) is 4.35. The van der Waals surface area contributed by atoms with E-state index in [1.807, 2.05) is 23.9 Å². The minimum atomic E-state index is -0.161. The van der Waals surface area contributed by atoms with Crippen molar-refractivity contribution < 1.29 is 9.59 Å². The van der Waals surface area contributed by atoms with Gasteiger partial charge in [-0.1, -0.05) is 23.7 Å². The van der Waals surface area contributed by atoms with Crippen LogP contribution >= 0.6 is 23.4 Å². The van der Waals surface area contributed by atoms with Gasteiger partial charge in [0.05, 0.1) is 0 Å². The van der Waals surface area contributed by atoms with E-state index in [2.05, 4.69) is 27.7 Å². The zero-order chi connectivity index (χ0) is 21.2. The van der Waals surface area contributed by atoms with Crippen molar-refractivity contribution in [2.45, 2.75) is 19.3 Å². The normalized spacial score (nSPS) is 14.3. The third kappa shape index (κ3) is 7.67. The number of hydrogen-bond donors (Lipinski definition) is 2. The van der Waals surface area contributed by atoms with Gasteiger partial charge in [-0.15, -0.1) is 0 Å². The zero-order valence-electron chi connectivity index (χ0n) is 17.0. The first kappa shape index (κ1) is 22.7. The largest absolute Gasteiger partial charge is 0.352 e. The molecule has 2 amide bonds.